The normalized spacial score (nSPS) is 12.0. The number of carbonyl (C=O) groups is 1. The molecule has 0 aliphatic heterocycles. The van der Waals surface area contributed by atoms with E-state index in [1.807, 2.05) is 72.8 Å². The van der Waals surface area contributed by atoms with Crippen molar-refractivity contribution < 1.29 is 9.53 Å². The van der Waals surface area contributed by atoms with Gasteiger partial charge in [-0.05, 0) is 37.4 Å². The summed E-state index contributed by atoms with van der Waals surface area (Å²) in [6.07, 6.45) is -0.778. The Bertz CT molecular complexity index is 1270. The Balaban J connectivity index is 1.59. The summed E-state index contributed by atoms with van der Waals surface area (Å²) in [4.78, 5) is 25.8. The van der Waals surface area contributed by atoms with Crippen LogP contribution < -0.4 is 15.6 Å². The van der Waals surface area contributed by atoms with E-state index in [0.717, 1.165) is 16.5 Å². The fourth-order valence-corrected chi connectivity index (χ4v) is 3.48. The number of nitrogens with one attached hydrogen (secondary N) is 1. The van der Waals surface area contributed by atoms with E-state index >= 15 is 0 Å². The van der Waals surface area contributed by atoms with Gasteiger partial charge in [0.1, 0.15) is 11.4 Å². The van der Waals surface area contributed by atoms with Crippen LogP contribution in [-0.2, 0) is 11.8 Å². The number of nitrogens with zero attached hydrogens (tertiary/aromatic N) is 2. The summed E-state index contributed by atoms with van der Waals surface area (Å²) in [5, 5.41) is 4.73. The van der Waals surface area contributed by atoms with Gasteiger partial charge in [-0.1, -0.05) is 54.6 Å². The topological polar surface area (TPSA) is 65.3 Å². The van der Waals surface area contributed by atoms with Crippen LogP contribution in [0.15, 0.2) is 77.6 Å². The highest BCUT2D eigenvalue weighted by Crippen LogP contribution is 2.26. The first-order valence-corrected chi connectivity index (χ1v) is 9.76. The van der Waals surface area contributed by atoms with Gasteiger partial charge in [-0.3, -0.25) is 14.3 Å². The van der Waals surface area contributed by atoms with E-state index in [1.165, 1.54) is 4.68 Å². The Morgan fingerprint density at radius 1 is 0.967 bits per heavy atom. The second-order valence-electron chi connectivity index (χ2n) is 7.16. The number of ether oxygens (including phenoxy) is 1. The van der Waals surface area contributed by atoms with Crippen molar-refractivity contribution in [2.24, 2.45) is 7.05 Å². The van der Waals surface area contributed by atoms with Crippen molar-refractivity contribution in [2.75, 3.05) is 5.32 Å². The molecule has 1 aromatic heterocycles. The van der Waals surface area contributed by atoms with Crippen molar-refractivity contribution in [1.82, 2.24) is 9.36 Å². The molecule has 0 saturated carbocycles. The summed E-state index contributed by atoms with van der Waals surface area (Å²) in [5.41, 5.74) is 1.36. The Morgan fingerprint density at radius 3 is 2.40 bits per heavy atom. The summed E-state index contributed by atoms with van der Waals surface area (Å²) in [6.45, 7) is 3.47. The molecule has 0 spiro atoms. The number of benzene rings is 3. The Morgan fingerprint density at radius 2 is 1.63 bits per heavy atom. The van der Waals surface area contributed by atoms with Crippen LogP contribution in [0.2, 0.25) is 0 Å². The molecule has 6 heteroatoms. The van der Waals surface area contributed by atoms with Crippen molar-refractivity contribution in [3.8, 4) is 11.4 Å². The number of para-hydroxylation sites is 1. The zero-order valence-corrected chi connectivity index (χ0v) is 17.1. The lowest BCUT2D eigenvalue weighted by Crippen LogP contribution is -2.32. The average Bonchev–Trinajstić information content (AvgIpc) is 2.97. The minimum Gasteiger partial charge on any atom is -0.480 e. The minimum absolute atomic E-state index is 0.250. The van der Waals surface area contributed by atoms with Crippen LogP contribution >= 0.6 is 0 Å². The van der Waals surface area contributed by atoms with E-state index in [-0.39, 0.29) is 17.2 Å². The summed E-state index contributed by atoms with van der Waals surface area (Å²) in [7, 11) is 1.79. The fraction of sp³-hybridized carbons (Fsp3) is 0.167. The molecular weight excluding hydrogens is 378 g/mol. The standard InChI is InChI=1S/C24H23N3O3/c1-16-22(24(29)27(26(16)3)19-12-5-4-6-13-19)25-23(28)17(2)30-21-15-9-11-18-10-7-8-14-20(18)21/h4-15,17H,1-3H3,(H,25,28)/t17-/m1/s1. The van der Waals surface area contributed by atoms with Crippen LogP contribution in [0.5, 0.6) is 5.75 Å². The van der Waals surface area contributed by atoms with E-state index in [2.05, 4.69) is 5.32 Å². The molecule has 1 amide bonds. The molecule has 3 aromatic carbocycles. The molecular formula is C24H23N3O3. The molecule has 1 N–H and O–H groups in total. The van der Waals surface area contributed by atoms with Crippen LogP contribution in [0.25, 0.3) is 16.5 Å². The van der Waals surface area contributed by atoms with Crippen molar-refractivity contribution >= 4 is 22.4 Å². The van der Waals surface area contributed by atoms with Crippen LogP contribution in [0.3, 0.4) is 0 Å². The van der Waals surface area contributed by atoms with Gasteiger partial charge in [0, 0.05) is 12.4 Å². The molecule has 1 heterocycles. The van der Waals surface area contributed by atoms with Crippen LogP contribution in [0, 0.1) is 6.92 Å². The first kappa shape index (κ1) is 19.5. The summed E-state index contributed by atoms with van der Waals surface area (Å²) in [5.74, 6) is 0.246. The summed E-state index contributed by atoms with van der Waals surface area (Å²) >= 11 is 0. The van der Waals surface area contributed by atoms with Gasteiger partial charge in [-0.25, -0.2) is 4.68 Å². The third-order valence-electron chi connectivity index (χ3n) is 5.23. The molecule has 4 aromatic rings. The van der Waals surface area contributed by atoms with Crippen molar-refractivity contribution in [1.29, 1.82) is 0 Å². The molecule has 30 heavy (non-hydrogen) atoms. The van der Waals surface area contributed by atoms with E-state index in [9.17, 15) is 9.59 Å². The maximum Gasteiger partial charge on any atom is 0.295 e. The minimum atomic E-state index is -0.778. The monoisotopic (exact) mass is 401 g/mol. The summed E-state index contributed by atoms with van der Waals surface area (Å²) in [6, 6.07) is 22.9. The smallest absolute Gasteiger partial charge is 0.295 e. The SMILES string of the molecule is Cc1c(NC(=O)[C@@H](C)Oc2cccc3ccccc23)c(=O)n(-c2ccccc2)n1C. The van der Waals surface area contributed by atoms with E-state index in [4.69, 9.17) is 4.74 Å². The highest BCUT2D eigenvalue weighted by molar-refractivity contribution is 5.95. The molecule has 0 saturated heterocycles. The molecule has 6 nitrogen and oxygen atoms in total. The van der Waals surface area contributed by atoms with Crippen molar-refractivity contribution in [3.63, 3.8) is 0 Å². The molecule has 0 fully saturated rings. The highest BCUT2D eigenvalue weighted by atomic mass is 16.5. The van der Waals surface area contributed by atoms with Gasteiger partial charge in [0.05, 0.1) is 11.4 Å². The molecule has 152 valence electrons. The first-order chi connectivity index (χ1) is 14.5. The van der Waals surface area contributed by atoms with Gasteiger partial charge in [-0.2, -0.15) is 0 Å². The molecule has 1 atom stereocenters. The van der Waals surface area contributed by atoms with E-state index < -0.39 is 6.10 Å². The number of carbonyl (C=O) groups excluding carboxylic acids is 1. The summed E-state index contributed by atoms with van der Waals surface area (Å²) < 4.78 is 9.19. The molecule has 0 aliphatic carbocycles. The Hall–Kier alpha value is -3.80. The van der Waals surface area contributed by atoms with Gasteiger partial charge in [0.2, 0.25) is 0 Å². The van der Waals surface area contributed by atoms with Gasteiger partial charge >= 0.3 is 0 Å². The molecule has 4 rings (SSSR count). The van der Waals surface area contributed by atoms with Gasteiger partial charge in [0.25, 0.3) is 11.5 Å². The molecule has 0 radical (unpaired) electrons. The first-order valence-electron chi connectivity index (χ1n) is 9.76. The quantitative estimate of drug-likeness (QED) is 0.549. The van der Waals surface area contributed by atoms with Gasteiger partial charge in [0.15, 0.2) is 6.10 Å². The van der Waals surface area contributed by atoms with Crippen molar-refractivity contribution in [3.05, 3.63) is 88.8 Å². The largest absolute Gasteiger partial charge is 0.480 e. The third kappa shape index (κ3) is 3.48. The number of amides is 1. The fourth-order valence-electron chi connectivity index (χ4n) is 3.48. The van der Waals surface area contributed by atoms with E-state index in [0.29, 0.717) is 11.4 Å². The van der Waals surface area contributed by atoms with Crippen LogP contribution in [-0.4, -0.2) is 21.4 Å². The molecule has 0 unspecified atom stereocenters. The number of aromatic nitrogens is 2. The number of fused-ring (bicyclic) bond motifs is 1. The number of hydrogen-bond acceptors (Lipinski definition) is 3. The average molecular weight is 401 g/mol. The van der Waals surface area contributed by atoms with Crippen molar-refractivity contribution in [2.45, 2.75) is 20.0 Å². The Labute approximate surface area is 174 Å². The maximum atomic E-state index is 13.0. The van der Waals surface area contributed by atoms with Gasteiger partial charge < -0.3 is 10.1 Å². The van der Waals surface area contributed by atoms with Crippen LogP contribution in [0.1, 0.15) is 12.6 Å². The maximum absolute atomic E-state index is 13.0. The van der Waals surface area contributed by atoms with Crippen LogP contribution in [0.4, 0.5) is 5.69 Å². The number of anilines is 1. The lowest BCUT2D eigenvalue weighted by molar-refractivity contribution is -0.122. The third-order valence-corrected chi connectivity index (χ3v) is 5.23. The van der Waals surface area contributed by atoms with E-state index in [1.54, 1.807) is 25.6 Å². The number of hydrogen-bond donors (Lipinski definition) is 1. The zero-order valence-electron chi connectivity index (χ0n) is 17.1. The second-order valence-corrected chi connectivity index (χ2v) is 7.16. The second kappa shape index (κ2) is 7.91. The highest BCUT2D eigenvalue weighted by Gasteiger charge is 2.22. The zero-order chi connectivity index (χ0) is 21.3. The predicted octanol–water partition coefficient (Wildman–Crippen LogP) is 4.04. The lowest BCUT2D eigenvalue weighted by atomic mass is 10.1. The lowest BCUT2D eigenvalue weighted by Gasteiger charge is -2.16. The predicted molar refractivity (Wildman–Crippen MR) is 118 cm³/mol. The molecule has 0 bridgehead atoms. The van der Waals surface area contributed by atoms with Gasteiger partial charge in [-0.15, -0.1) is 0 Å². The Kier molecular flexibility index (Phi) is 5.14. The molecule has 0 aliphatic rings. The number of rotatable bonds is 5.